The zero-order valence-electron chi connectivity index (χ0n) is 13.2. The topological polar surface area (TPSA) is 68.3 Å². The van der Waals surface area contributed by atoms with Gasteiger partial charge in [-0.25, -0.2) is 0 Å². The van der Waals surface area contributed by atoms with E-state index in [0.717, 1.165) is 30.2 Å². The fourth-order valence-corrected chi connectivity index (χ4v) is 2.91. The summed E-state index contributed by atoms with van der Waals surface area (Å²) in [4.78, 5) is 0. The van der Waals surface area contributed by atoms with Crippen LogP contribution in [0, 0.1) is 17.2 Å². The molecule has 0 amide bonds. The Morgan fingerprint density at radius 1 is 1.29 bits per heavy atom. The molecule has 1 aliphatic carbocycles. The summed E-state index contributed by atoms with van der Waals surface area (Å²) in [6.07, 6.45) is 3.89. The molecule has 0 aromatic heterocycles. The standard InChI is InChI=1S/C17H26N2O2/c1-11-4-6-14(8-12(11)2)21-10-13-5-7-15(17(18)19)16(9-13)20-3/h5,7,9,11-12,14H,4,6,8,10H2,1-3H3,(H3,18,19). The number of benzene rings is 1. The van der Waals surface area contributed by atoms with Gasteiger partial charge in [-0.05, 0) is 48.8 Å². The molecule has 1 fully saturated rings. The van der Waals surface area contributed by atoms with Crippen LogP contribution in [0.1, 0.15) is 44.2 Å². The largest absolute Gasteiger partial charge is 0.496 e. The van der Waals surface area contributed by atoms with E-state index >= 15 is 0 Å². The molecule has 0 heterocycles. The van der Waals surface area contributed by atoms with Gasteiger partial charge < -0.3 is 15.2 Å². The number of nitrogen functional groups attached to an aromatic ring is 1. The average molecular weight is 290 g/mol. The summed E-state index contributed by atoms with van der Waals surface area (Å²) >= 11 is 0. The maximum absolute atomic E-state index is 7.52. The Bertz CT molecular complexity index is 502. The second-order valence-electron chi connectivity index (χ2n) is 6.15. The highest BCUT2D eigenvalue weighted by molar-refractivity contribution is 5.97. The van der Waals surface area contributed by atoms with Crippen molar-refractivity contribution in [2.75, 3.05) is 7.11 Å². The van der Waals surface area contributed by atoms with E-state index < -0.39 is 0 Å². The summed E-state index contributed by atoms with van der Waals surface area (Å²) in [7, 11) is 1.59. The molecular formula is C17H26N2O2. The monoisotopic (exact) mass is 290 g/mol. The van der Waals surface area contributed by atoms with Gasteiger partial charge in [-0.2, -0.15) is 0 Å². The Kier molecular flexibility index (Phi) is 5.23. The molecular weight excluding hydrogens is 264 g/mol. The molecule has 4 heteroatoms. The molecule has 0 spiro atoms. The zero-order valence-corrected chi connectivity index (χ0v) is 13.2. The Morgan fingerprint density at radius 2 is 2.05 bits per heavy atom. The molecule has 116 valence electrons. The number of rotatable bonds is 5. The first kappa shape index (κ1) is 15.8. The molecule has 0 radical (unpaired) electrons. The molecule has 1 aromatic rings. The van der Waals surface area contributed by atoms with Crippen LogP contribution in [0.4, 0.5) is 0 Å². The lowest BCUT2D eigenvalue weighted by molar-refractivity contribution is -0.00750. The van der Waals surface area contributed by atoms with Crippen molar-refractivity contribution in [1.29, 1.82) is 5.41 Å². The molecule has 0 aliphatic heterocycles. The van der Waals surface area contributed by atoms with E-state index in [9.17, 15) is 0 Å². The SMILES string of the molecule is COc1cc(COC2CCC(C)C(C)C2)ccc1C(=N)N. The van der Waals surface area contributed by atoms with E-state index in [2.05, 4.69) is 13.8 Å². The number of methoxy groups -OCH3 is 1. The molecule has 0 bridgehead atoms. The predicted molar refractivity (Wildman–Crippen MR) is 84.8 cm³/mol. The summed E-state index contributed by atoms with van der Waals surface area (Å²) in [5.41, 5.74) is 7.22. The first-order chi connectivity index (χ1) is 10.0. The Morgan fingerprint density at radius 3 is 2.67 bits per heavy atom. The lowest BCUT2D eigenvalue weighted by Gasteiger charge is -2.32. The number of nitrogens with two attached hydrogens (primary N) is 1. The van der Waals surface area contributed by atoms with E-state index in [-0.39, 0.29) is 5.84 Å². The second kappa shape index (κ2) is 6.94. The lowest BCUT2D eigenvalue weighted by atomic mass is 9.80. The van der Waals surface area contributed by atoms with Crippen LogP contribution in [0.2, 0.25) is 0 Å². The van der Waals surface area contributed by atoms with Gasteiger partial charge in [0.1, 0.15) is 11.6 Å². The Hall–Kier alpha value is -1.55. The maximum Gasteiger partial charge on any atom is 0.130 e. The first-order valence-electron chi connectivity index (χ1n) is 7.64. The molecule has 3 N–H and O–H groups in total. The highest BCUT2D eigenvalue weighted by Crippen LogP contribution is 2.31. The third-order valence-electron chi connectivity index (χ3n) is 4.59. The van der Waals surface area contributed by atoms with Gasteiger partial charge in [-0.15, -0.1) is 0 Å². The van der Waals surface area contributed by atoms with Gasteiger partial charge in [0.05, 0.1) is 25.4 Å². The van der Waals surface area contributed by atoms with Gasteiger partial charge in [0, 0.05) is 0 Å². The molecule has 1 saturated carbocycles. The molecule has 21 heavy (non-hydrogen) atoms. The number of hydrogen-bond donors (Lipinski definition) is 2. The van der Waals surface area contributed by atoms with Crippen molar-refractivity contribution in [2.24, 2.45) is 17.6 Å². The summed E-state index contributed by atoms with van der Waals surface area (Å²) in [6, 6.07) is 5.69. The van der Waals surface area contributed by atoms with Crippen molar-refractivity contribution in [2.45, 2.75) is 45.8 Å². The fraction of sp³-hybridized carbons (Fsp3) is 0.588. The van der Waals surface area contributed by atoms with Crippen LogP contribution < -0.4 is 10.5 Å². The molecule has 0 saturated heterocycles. The highest BCUT2D eigenvalue weighted by atomic mass is 16.5. The first-order valence-corrected chi connectivity index (χ1v) is 7.64. The Balaban J connectivity index is 1.96. The van der Waals surface area contributed by atoms with Crippen molar-refractivity contribution < 1.29 is 9.47 Å². The minimum Gasteiger partial charge on any atom is -0.496 e. The molecule has 3 unspecified atom stereocenters. The van der Waals surface area contributed by atoms with Crippen LogP contribution >= 0.6 is 0 Å². The summed E-state index contributed by atoms with van der Waals surface area (Å²) in [5.74, 6) is 2.20. The van der Waals surface area contributed by atoms with E-state index in [4.69, 9.17) is 20.6 Å². The van der Waals surface area contributed by atoms with Crippen molar-refractivity contribution in [3.05, 3.63) is 29.3 Å². The summed E-state index contributed by atoms with van der Waals surface area (Å²) in [6.45, 7) is 5.22. The molecule has 3 atom stereocenters. The van der Waals surface area contributed by atoms with Crippen molar-refractivity contribution in [1.82, 2.24) is 0 Å². The average Bonchev–Trinajstić information content (AvgIpc) is 2.48. The zero-order chi connectivity index (χ0) is 15.4. The highest BCUT2D eigenvalue weighted by Gasteiger charge is 2.24. The minimum absolute atomic E-state index is 0.0226. The van der Waals surface area contributed by atoms with Crippen LogP contribution in [0.5, 0.6) is 5.75 Å². The minimum atomic E-state index is 0.0226. The lowest BCUT2D eigenvalue weighted by Crippen LogP contribution is -2.26. The van der Waals surface area contributed by atoms with Crippen LogP contribution in [0.15, 0.2) is 18.2 Å². The number of amidine groups is 1. The fourth-order valence-electron chi connectivity index (χ4n) is 2.91. The van der Waals surface area contributed by atoms with Crippen LogP contribution in [-0.4, -0.2) is 19.0 Å². The predicted octanol–water partition coefficient (Wildman–Crippen LogP) is 3.32. The van der Waals surface area contributed by atoms with Gasteiger partial charge in [-0.3, -0.25) is 5.41 Å². The van der Waals surface area contributed by atoms with E-state index in [1.165, 1.54) is 6.42 Å². The Labute approximate surface area is 127 Å². The maximum atomic E-state index is 7.52. The van der Waals surface area contributed by atoms with Crippen molar-refractivity contribution in [3.8, 4) is 5.75 Å². The van der Waals surface area contributed by atoms with E-state index in [0.29, 0.717) is 24.0 Å². The number of nitrogens with one attached hydrogen (secondary N) is 1. The quantitative estimate of drug-likeness (QED) is 0.645. The van der Waals surface area contributed by atoms with E-state index in [1.54, 1.807) is 7.11 Å². The third-order valence-corrected chi connectivity index (χ3v) is 4.59. The second-order valence-corrected chi connectivity index (χ2v) is 6.15. The van der Waals surface area contributed by atoms with Crippen LogP contribution in [0.25, 0.3) is 0 Å². The van der Waals surface area contributed by atoms with Crippen LogP contribution in [-0.2, 0) is 11.3 Å². The normalized spacial score (nSPS) is 25.6. The van der Waals surface area contributed by atoms with Crippen molar-refractivity contribution in [3.63, 3.8) is 0 Å². The summed E-state index contributed by atoms with van der Waals surface area (Å²) in [5, 5.41) is 7.52. The smallest absolute Gasteiger partial charge is 0.130 e. The van der Waals surface area contributed by atoms with Gasteiger partial charge in [0.15, 0.2) is 0 Å². The molecule has 2 rings (SSSR count). The summed E-state index contributed by atoms with van der Waals surface area (Å²) < 4.78 is 11.3. The molecule has 1 aromatic carbocycles. The van der Waals surface area contributed by atoms with Gasteiger partial charge in [-0.1, -0.05) is 19.9 Å². The van der Waals surface area contributed by atoms with Gasteiger partial charge in [0.2, 0.25) is 0 Å². The third kappa shape index (κ3) is 3.97. The molecule has 1 aliphatic rings. The van der Waals surface area contributed by atoms with Gasteiger partial charge >= 0.3 is 0 Å². The number of ether oxygens (including phenoxy) is 2. The van der Waals surface area contributed by atoms with Crippen LogP contribution in [0.3, 0.4) is 0 Å². The van der Waals surface area contributed by atoms with Crippen molar-refractivity contribution >= 4 is 5.84 Å². The number of hydrogen-bond acceptors (Lipinski definition) is 3. The molecule has 4 nitrogen and oxygen atoms in total. The van der Waals surface area contributed by atoms with Gasteiger partial charge in [0.25, 0.3) is 0 Å². The van der Waals surface area contributed by atoms with E-state index in [1.807, 2.05) is 18.2 Å².